The van der Waals surface area contributed by atoms with Crippen molar-refractivity contribution in [3.8, 4) is 0 Å². The van der Waals surface area contributed by atoms with Crippen LogP contribution in [-0.4, -0.2) is 42.9 Å². The van der Waals surface area contributed by atoms with Crippen molar-refractivity contribution in [1.29, 1.82) is 0 Å². The van der Waals surface area contributed by atoms with Gasteiger partial charge in [0.25, 0.3) is 5.91 Å². The van der Waals surface area contributed by atoms with Gasteiger partial charge in [-0.1, -0.05) is 13.0 Å². The predicted molar refractivity (Wildman–Crippen MR) is 83.4 cm³/mol. The number of nitrogens with zero attached hydrogens (tertiary/aromatic N) is 1. The van der Waals surface area contributed by atoms with Crippen LogP contribution in [-0.2, 0) is 4.79 Å². The van der Waals surface area contributed by atoms with Crippen molar-refractivity contribution in [2.24, 2.45) is 0 Å². The number of likely N-dealkylation sites (tertiary alicyclic amines) is 1. The Morgan fingerprint density at radius 1 is 1.19 bits per heavy atom. The Hall–Kier alpha value is -1.88. The van der Waals surface area contributed by atoms with E-state index in [0.717, 1.165) is 32.5 Å². The maximum absolute atomic E-state index is 12.4. The average molecular weight is 289 g/mol. The van der Waals surface area contributed by atoms with Crippen molar-refractivity contribution in [3.63, 3.8) is 0 Å². The lowest BCUT2D eigenvalue weighted by molar-refractivity contribution is -0.115. The summed E-state index contributed by atoms with van der Waals surface area (Å²) in [6.07, 6.45) is 3.35. The van der Waals surface area contributed by atoms with Gasteiger partial charge in [-0.05, 0) is 44.0 Å². The highest BCUT2D eigenvalue weighted by atomic mass is 16.2. The summed E-state index contributed by atoms with van der Waals surface area (Å²) in [6.45, 7) is 4.64. The smallest absolute Gasteiger partial charge is 0.253 e. The van der Waals surface area contributed by atoms with Crippen molar-refractivity contribution < 1.29 is 9.59 Å². The van der Waals surface area contributed by atoms with Crippen molar-refractivity contribution in [2.45, 2.75) is 26.2 Å². The molecule has 0 unspecified atom stereocenters. The molecule has 1 aliphatic heterocycles. The highest BCUT2D eigenvalue weighted by molar-refractivity contribution is 5.97. The molecule has 0 aromatic heterocycles. The Bertz CT molecular complexity index is 496. The summed E-state index contributed by atoms with van der Waals surface area (Å²) in [6, 6.07) is 7.16. The molecule has 2 N–H and O–H groups in total. The fraction of sp³-hybridized carbons (Fsp3) is 0.500. The van der Waals surface area contributed by atoms with Gasteiger partial charge < -0.3 is 15.5 Å². The molecule has 1 heterocycles. The summed E-state index contributed by atoms with van der Waals surface area (Å²) in [5.41, 5.74) is 1.30. The maximum Gasteiger partial charge on any atom is 0.253 e. The minimum absolute atomic E-state index is 0.0532. The molecule has 1 aliphatic rings. The van der Waals surface area contributed by atoms with Crippen LogP contribution in [0.25, 0.3) is 0 Å². The number of likely N-dealkylation sites (N-methyl/N-ethyl adjacent to an activating group) is 1. The number of piperidine rings is 1. The Kier molecular flexibility index (Phi) is 5.75. The maximum atomic E-state index is 12.4. The monoisotopic (exact) mass is 289 g/mol. The van der Waals surface area contributed by atoms with Gasteiger partial charge in [0.15, 0.2) is 0 Å². The van der Waals surface area contributed by atoms with Crippen LogP contribution in [0.2, 0.25) is 0 Å². The molecular formula is C16H23N3O2. The summed E-state index contributed by atoms with van der Waals surface area (Å²) in [7, 11) is 0. The van der Waals surface area contributed by atoms with Crippen LogP contribution >= 0.6 is 0 Å². The summed E-state index contributed by atoms with van der Waals surface area (Å²) in [4.78, 5) is 26.0. The molecule has 1 fully saturated rings. The third-order valence-electron chi connectivity index (χ3n) is 3.57. The first-order chi connectivity index (χ1) is 10.2. The van der Waals surface area contributed by atoms with Crippen molar-refractivity contribution in [1.82, 2.24) is 10.2 Å². The van der Waals surface area contributed by atoms with Crippen LogP contribution in [0.1, 0.15) is 36.5 Å². The van der Waals surface area contributed by atoms with E-state index in [4.69, 9.17) is 0 Å². The first kappa shape index (κ1) is 15.5. The SMILES string of the molecule is CCNCC(=O)Nc1cccc(C(=O)N2CCCCC2)c1. The zero-order valence-corrected chi connectivity index (χ0v) is 12.5. The van der Waals surface area contributed by atoms with Crippen LogP contribution in [0.4, 0.5) is 5.69 Å². The first-order valence-corrected chi connectivity index (χ1v) is 7.60. The topological polar surface area (TPSA) is 61.4 Å². The molecule has 114 valence electrons. The number of benzene rings is 1. The minimum Gasteiger partial charge on any atom is -0.339 e. The van der Waals surface area contributed by atoms with E-state index in [9.17, 15) is 9.59 Å². The molecule has 2 amide bonds. The Morgan fingerprint density at radius 2 is 1.95 bits per heavy atom. The molecule has 21 heavy (non-hydrogen) atoms. The number of carbonyl (C=O) groups is 2. The highest BCUT2D eigenvalue weighted by Gasteiger charge is 2.18. The number of nitrogens with one attached hydrogen (secondary N) is 2. The van der Waals surface area contributed by atoms with E-state index in [0.29, 0.717) is 11.3 Å². The second kappa shape index (κ2) is 7.78. The van der Waals surface area contributed by atoms with Crippen LogP contribution in [0.3, 0.4) is 0 Å². The van der Waals surface area contributed by atoms with Gasteiger partial charge >= 0.3 is 0 Å². The lowest BCUT2D eigenvalue weighted by atomic mass is 10.1. The van der Waals surface area contributed by atoms with Crippen molar-refractivity contribution in [3.05, 3.63) is 29.8 Å². The van der Waals surface area contributed by atoms with E-state index in [2.05, 4.69) is 10.6 Å². The molecule has 2 rings (SSSR count). The van der Waals surface area contributed by atoms with E-state index in [1.54, 1.807) is 24.3 Å². The van der Waals surface area contributed by atoms with E-state index in [1.165, 1.54) is 6.42 Å². The third kappa shape index (κ3) is 4.56. The molecule has 1 aromatic carbocycles. The molecule has 0 radical (unpaired) electrons. The zero-order valence-electron chi connectivity index (χ0n) is 12.5. The van der Waals surface area contributed by atoms with Gasteiger partial charge in [0.1, 0.15) is 0 Å². The molecule has 5 heteroatoms. The number of rotatable bonds is 5. The van der Waals surface area contributed by atoms with Crippen molar-refractivity contribution in [2.75, 3.05) is 31.5 Å². The van der Waals surface area contributed by atoms with E-state index in [1.807, 2.05) is 11.8 Å². The van der Waals surface area contributed by atoms with E-state index < -0.39 is 0 Å². The van der Waals surface area contributed by atoms with Crippen LogP contribution in [0.5, 0.6) is 0 Å². The Labute approximate surface area is 125 Å². The standard InChI is InChI=1S/C16H23N3O2/c1-2-17-12-15(20)18-14-8-6-7-13(11-14)16(21)19-9-4-3-5-10-19/h6-8,11,17H,2-5,9-10,12H2,1H3,(H,18,20). The second-order valence-electron chi connectivity index (χ2n) is 5.26. The summed E-state index contributed by atoms with van der Waals surface area (Å²) < 4.78 is 0. The number of hydrogen-bond acceptors (Lipinski definition) is 3. The van der Waals surface area contributed by atoms with Crippen LogP contribution < -0.4 is 10.6 Å². The molecule has 0 atom stereocenters. The van der Waals surface area contributed by atoms with Gasteiger partial charge in [-0.3, -0.25) is 9.59 Å². The molecule has 0 aliphatic carbocycles. The lowest BCUT2D eigenvalue weighted by Gasteiger charge is -2.26. The lowest BCUT2D eigenvalue weighted by Crippen LogP contribution is -2.35. The number of anilines is 1. The first-order valence-electron chi connectivity index (χ1n) is 7.60. The molecule has 5 nitrogen and oxygen atoms in total. The fourth-order valence-electron chi connectivity index (χ4n) is 2.45. The highest BCUT2D eigenvalue weighted by Crippen LogP contribution is 2.16. The molecule has 1 aromatic rings. The van der Waals surface area contributed by atoms with Gasteiger partial charge in [-0.15, -0.1) is 0 Å². The average Bonchev–Trinajstić information content (AvgIpc) is 2.53. The normalized spacial score (nSPS) is 14.8. The largest absolute Gasteiger partial charge is 0.339 e. The minimum atomic E-state index is -0.0978. The predicted octanol–water partition coefficient (Wildman–Crippen LogP) is 1.86. The van der Waals surface area contributed by atoms with Gasteiger partial charge in [0.2, 0.25) is 5.91 Å². The molecular weight excluding hydrogens is 266 g/mol. The molecule has 0 bridgehead atoms. The second-order valence-corrected chi connectivity index (χ2v) is 5.26. The summed E-state index contributed by atoms with van der Waals surface area (Å²) >= 11 is 0. The summed E-state index contributed by atoms with van der Waals surface area (Å²) in [5.74, 6) is -0.0445. The quantitative estimate of drug-likeness (QED) is 0.870. The van der Waals surface area contributed by atoms with Gasteiger partial charge in [-0.25, -0.2) is 0 Å². The number of carbonyl (C=O) groups excluding carboxylic acids is 2. The zero-order chi connectivity index (χ0) is 15.1. The number of amides is 2. The molecule has 1 saturated heterocycles. The van der Waals surface area contributed by atoms with Gasteiger partial charge in [0, 0.05) is 24.3 Å². The van der Waals surface area contributed by atoms with Gasteiger partial charge in [-0.2, -0.15) is 0 Å². The Balaban J connectivity index is 1.99. The van der Waals surface area contributed by atoms with E-state index in [-0.39, 0.29) is 18.4 Å². The van der Waals surface area contributed by atoms with Crippen LogP contribution in [0, 0.1) is 0 Å². The molecule has 0 saturated carbocycles. The van der Waals surface area contributed by atoms with E-state index >= 15 is 0 Å². The third-order valence-corrected chi connectivity index (χ3v) is 3.57. The molecule has 0 spiro atoms. The van der Waals surface area contributed by atoms with Crippen molar-refractivity contribution >= 4 is 17.5 Å². The number of hydrogen-bond donors (Lipinski definition) is 2. The van der Waals surface area contributed by atoms with Crippen LogP contribution in [0.15, 0.2) is 24.3 Å². The summed E-state index contributed by atoms with van der Waals surface area (Å²) in [5, 5.41) is 5.77. The van der Waals surface area contributed by atoms with Gasteiger partial charge in [0.05, 0.1) is 6.54 Å². The Morgan fingerprint density at radius 3 is 2.67 bits per heavy atom. The fourth-order valence-corrected chi connectivity index (χ4v) is 2.45.